The van der Waals surface area contributed by atoms with Gasteiger partial charge in [-0.1, -0.05) is 0 Å². The maximum absolute atomic E-state index is 11.3. The third-order valence-electron chi connectivity index (χ3n) is 2.10. The maximum atomic E-state index is 11.3. The van der Waals surface area contributed by atoms with Crippen LogP contribution in [0.4, 0.5) is 4.79 Å². The molecule has 0 radical (unpaired) electrons. The predicted molar refractivity (Wildman–Crippen MR) is 42.1 cm³/mol. The fraction of sp³-hybridized carbons (Fsp3) is 0.625. The number of rotatable bonds is 3. The molecule has 0 spiro atoms. The van der Waals surface area contributed by atoms with Crippen LogP contribution in [0.2, 0.25) is 0 Å². The van der Waals surface area contributed by atoms with Crippen LogP contribution in [0, 0.1) is 5.92 Å². The molecule has 2 amide bonds. The van der Waals surface area contributed by atoms with E-state index in [9.17, 15) is 19.5 Å². The van der Waals surface area contributed by atoms with Gasteiger partial charge in [-0.2, -0.15) is 0 Å². The summed E-state index contributed by atoms with van der Waals surface area (Å²) < 4.78 is 4.58. The van der Waals surface area contributed by atoms with Crippen LogP contribution in [0.5, 0.6) is 0 Å². The number of likely N-dealkylation sites (tertiary alicyclic amines) is 1. The summed E-state index contributed by atoms with van der Waals surface area (Å²) in [6.07, 6.45) is -1.34. The largest absolute Gasteiger partial charge is 1.00 e. The van der Waals surface area contributed by atoms with Gasteiger partial charge in [-0.05, 0) is 6.42 Å². The standard InChI is InChI=1S/C8H11NO5.K/c1-14-4-6(10)5-2-3-9(7(5)11)8(12)13;/h5H,2-4H2,1H3,(H,12,13);/q;+1/p-1. The number of carbonyl (C=O) groups excluding carboxylic acids is 3. The van der Waals surface area contributed by atoms with Crippen LogP contribution in [0.1, 0.15) is 6.42 Å². The molecule has 1 saturated heterocycles. The second-order valence-electron chi connectivity index (χ2n) is 3.00. The zero-order chi connectivity index (χ0) is 10.7. The first-order valence-corrected chi connectivity index (χ1v) is 4.12. The molecule has 6 nitrogen and oxygen atoms in total. The van der Waals surface area contributed by atoms with Crippen LogP contribution < -0.4 is 56.5 Å². The Kier molecular flexibility index (Phi) is 6.81. The molecule has 1 aliphatic heterocycles. The summed E-state index contributed by atoms with van der Waals surface area (Å²) in [5, 5.41) is 10.4. The summed E-state index contributed by atoms with van der Waals surface area (Å²) >= 11 is 0. The second kappa shape index (κ2) is 6.72. The molecule has 0 aliphatic carbocycles. The molecule has 0 aromatic heterocycles. The summed E-state index contributed by atoms with van der Waals surface area (Å²) in [4.78, 5) is 33.5. The van der Waals surface area contributed by atoms with Crippen LogP contribution in [0.25, 0.3) is 0 Å². The monoisotopic (exact) mass is 239 g/mol. The smallest absolute Gasteiger partial charge is 0.530 e. The molecule has 78 valence electrons. The van der Waals surface area contributed by atoms with Crippen molar-refractivity contribution < 1.29 is 75.6 Å². The Morgan fingerprint density at radius 2 is 2.20 bits per heavy atom. The number of ketones is 1. The van der Waals surface area contributed by atoms with E-state index in [1.807, 2.05) is 0 Å². The summed E-state index contributed by atoms with van der Waals surface area (Å²) in [7, 11) is 1.34. The van der Waals surface area contributed by atoms with Crippen molar-refractivity contribution in [1.29, 1.82) is 0 Å². The molecule has 15 heavy (non-hydrogen) atoms. The van der Waals surface area contributed by atoms with Gasteiger partial charge in [0, 0.05) is 13.7 Å². The van der Waals surface area contributed by atoms with Gasteiger partial charge in [-0.15, -0.1) is 0 Å². The Morgan fingerprint density at radius 1 is 1.60 bits per heavy atom. The number of imide groups is 1. The van der Waals surface area contributed by atoms with Crippen molar-refractivity contribution in [1.82, 2.24) is 4.90 Å². The fourth-order valence-electron chi connectivity index (χ4n) is 1.40. The van der Waals surface area contributed by atoms with Crippen molar-refractivity contribution in [3.05, 3.63) is 0 Å². The summed E-state index contributed by atoms with van der Waals surface area (Å²) in [6, 6.07) is 0. The number of Topliss-reactive ketones (excluding diaryl/α,β-unsaturated/α-hetero) is 1. The number of hydrogen-bond acceptors (Lipinski definition) is 5. The molecule has 1 atom stereocenters. The van der Waals surface area contributed by atoms with E-state index in [0.717, 1.165) is 0 Å². The Hall–Kier alpha value is 0.206. The van der Waals surface area contributed by atoms with E-state index in [2.05, 4.69) is 4.74 Å². The molecule has 1 unspecified atom stereocenters. The number of carbonyl (C=O) groups is 3. The van der Waals surface area contributed by atoms with E-state index < -0.39 is 17.9 Å². The number of methoxy groups -OCH3 is 1. The molecule has 0 bridgehead atoms. The van der Waals surface area contributed by atoms with Crippen molar-refractivity contribution in [2.45, 2.75) is 6.42 Å². The van der Waals surface area contributed by atoms with E-state index in [0.29, 0.717) is 4.90 Å². The van der Waals surface area contributed by atoms with Gasteiger partial charge in [0.15, 0.2) is 5.78 Å². The van der Waals surface area contributed by atoms with E-state index in [1.54, 1.807) is 0 Å². The van der Waals surface area contributed by atoms with E-state index in [1.165, 1.54) is 7.11 Å². The van der Waals surface area contributed by atoms with Gasteiger partial charge in [0.05, 0.1) is 0 Å². The van der Waals surface area contributed by atoms with Gasteiger partial charge in [0.2, 0.25) is 5.91 Å². The van der Waals surface area contributed by atoms with Gasteiger partial charge in [-0.25, -0.2) is 0 Å². The first-order chi connectivity index (χ1) is 6.57. The summed E-state index contributed by atoms with van der Waals surface area (Å²) in [6.45, 7) is -0.140. The van der Waals surface area contributed by atoms with Crippen LogP contribution in [-0.4, -0.2) is 42.9 Å². The number of carboxylic acid groups (broad SMARTS) is 1. The fourth-order valence-corrected chi connectivity index (χ4v) is 1.40. The third-order valence-corrected chi connectivity index (χ3v) is 2.10. The van der Waals surface area contributed by atoms with E-state index in [4.69, 9.17) is 0 Å². The molecule has 0 saturated carbocycles. The van der Waals surface area contributed by atoms with Crippen molar-refractivity contribution in [3.63, 3.8) is 0 Å². The van der Waals surface area contributed by atoms with Gasteiger partial charge in [0.1, 0.15) is 18.6 Å². The molecule has 0 aromatic carbocycles. The van der Waals surface area contributed by atoms with E-state index >= 15 is 0 Å². The molecule has 0 N–H and O–H groups in total. The summed E-state index contributed by atoms with van der Waals surface area (Å²) in [5.74, 6) is -1.97. The first-order valence-electron chi connectivity index (χ1n) is 4.12. The third kappa shape index (κ3) is 3.61. The van der Waals surface area contributed by atoms with Gasteiger partial charge in [0.25, 0.3) is 0 Å². The Bertz CT molecular complexity index is 280. The predicted octanol–water partition coefficient (Wildman–Crippen LogP) is -4.60. The van der Waals surface area contributed by atoms with Crippen molar-refractivity contribution in [3.8, 4) is 0 Å². The minimum absolute atomic E-state index is 0. The first kappa shape index (κ1) is 15.2. The minimum Gasteiger partial charge on any atom is -0.530 e. The van der Waals surface area contributed by atoms with E-state index in [-0.39, 0.29) is 76.7 Å². The average molecular weight is 239 g/mol. The molecule has 1 rings (SSSR count). The quantitative estimate of drug-likeness (QED) is 0.365. The SMILES string of the molecule is COCC(=O)C1CCN(C(=O)[O-])C1=O.[K+]. The Morgan fingerprint density at radius 3 is 2.60 bits per heavy atom. The number of ether oxygens (including phenoxy) is 1. The number of amides is 2. The van der Waals surface area contributed by atoms with Crippen molar-refractivity contribution in [2.24, 2.45) is 5.92 Å². The molecular formula is C8H10KNO5. The number of hydrogen-bond donors (Lipinski definition) is 0. The Balaban J connectivity index is 0.00000196. The zero-order valence-corrected chi connectivity index (χ0v) is 11.8. The normalized spacial score (nSPS) is 19.9. The molecule has 1 aliphatic rings. The summed E-state index contributed by atoms with van der Waals surface area (Å²) in [5.41, 5.74) is 0. The average Bonchev–Trinajstić information content (AvgIpc) is 2.47. The van der Waals surface area contributed by atoms with Crippen molar-refractivity contribution >= 4 is 17.8 Å². The number of nitrogens with zero attached hydrogens (tertiary/aromatic N) is 1. The van der Waals surface area contributed by atoms with Gasteiger partial charge in [-0.3, -0.25) is 14.5 Å². The Labute approximate surface area is 129 Å². The van der Waals surface area contributed by atoms with Crippen LogP contribution >= 0.6 is 0 Å². The molecular weight excluding hydrogens is 229 g/mol. The minimum atomic E-state index is -1.55. The van der Waals surface area contributed by atoms with Crippen LogP contribution in [-0.2, 0) is 14.3 Å². The molecule has 1 heterocycles. The van der Waals surface area contributed by atoms with Gasteiger partial charge >= 0.3 is 51.4 Å². The van der Waals surface area contributed by atoms with Crippen LogP contribution in [0.3, 0.4) is 0 Å². The second-order valence-corrected chi connectivity index (χ2v) is 3.00. The topological polar surface area (TPSA) is 86.7 Å². The van der Waals surface area contributed by atoms with Crippen LogP contribution in [0.15, 0.2) is 0 Å². The molecule has 1 fully saturated rings. The van der Waals surface area contributed by atoms with Crippen molar-refractivity contribution in [2.75, 3.05) is 20.3 Å². The van der Waals surface area contributed by atoms with Gasteiger partial charge < -0.3 is 14.6 Å². The maximum Gasteiger partial charge on any atom is 1.00 e. The zero-order valence-electron chi connectivity index (χ0n) is 8.69. The molecule has 7 heteroatoms. The molecule has 0 aromatic rings.